The summed E-state index contributed by atoms with van der Waals surface area (Å²) in [5.74, 6) is 1.29. The quantitative estimate of drug-likeness (QED) is 0.434. The van der Waals surface area contributed by atoms with Gasteiger partial charge in [-0.05, 0) is 41.1 Å². The number of benzene rings is 3. The predicted molar refractivity (Wildman–Crippen MR) is 131 cm³/mol. The number of fused-ring (bicyclic) bond motifs is 1. The lowest BCUT2D eigenvalue weighted by molar-refractivity contribution is -0.133. The Morgan fingerprint density at radius 3 is 2.36 bits per heavy atom. The van der Waals surface area contributed by atoms with Crippen LogP contribution in [0.3, 0.4) is 0 Å². The van der Waals surface area contributed by atoms with Crippen LogP contribution < -0.4 is 9.64 Å². The summed E-state index contributed by atoms with van der Waals surface area (Å²) in [7, 11) is 0. The van der Waals surface area contributed by atoms with Crippen molar-refractivity contribution in [2.24, 2.45) is 0 Å². The molecule has 0 saturated carbocycles. The van der Waals surface area contributed by atoms with Gasteiger partial charge in [-0.15, -0.1) is 10.2 Å². The molecule has 33 heavy (non-hydrogen) atoms. The molecule has 0 bridgehead atoms. The number of carbonyl (C=O) groups excluding carboxylic acids is 1. The van der Waals surface area contributed by atoms with E-state index in [1.54, 1.807) is 12.1 Å². The Labute approximate surface area is 197 Å². The number of anilines is 1. The number of nitrogens with zero attached hydrogens (tertiary/aromatic N) is 4. The number of ether oxygens (including phenoxy) is 1. The minimum Gasteiger partial charge on any atom is -0.482 e. The number of halogens is 1. The molecule has 0 spiro atoms. The molecule has 6 nitrogen and oxygen atoms in total. The van der Waals surface area contributed by atoms with Crippen LogP contribution in [0.2, 0.25) is 5.02 Å². The van der Waals surface area contributed by atoms with Crippen molar-refractivity contribution in [2.75, 3.05) is 37.7 Å². The van der Waals surface area contributed by atoms with Crippen LogP contribution in [0.1, 0.15) is 0 Å². The van der Waals surface area contributed by atoms with E-state index in [1.807, 2.05) is 41.3 Å². The molecule has 7 heteroatoms. The largest absolute Gasteiger partial charge is 0.482 e. The summed E-state index contributed by atoms with van der Waals surface area (Å²) in [6, 6.07) is 25.7. The van der Waals surface area contributed by atoms with Crippen molar-refractivity contribution in [1.82, 2.24) is 15.1 Å². The van der Waals surface area contributed by atoms with Gasteiger partial charge in [-0.3, -0.25) is 4.79 Å². The van der Waals surface area contributed by atoms with Crippen molar-refractivity contribution in [3.63, 3.8) is 0 Å². The molecule has 0 radical (unpaired) electrons. The van der Waals surface area contributed by atoms with E-state index in [1.165, 1.54) is 10.8 Å². The highest BCUT2D eigenvalue weighted by Gasteiger charge is 2.22. The van der Waals surface area contributed by atoms with Crippen LogP contribution in [0.5, 0.6) is 5.75 Å². The highest BCUT2D eigenvalue weighted by molar-refractivity contribution is 6.32. The average molecular weight is 459 g/mol. The van der Waals surface area contributed by atoms with Gasteiger partial charge in [0.15, 0.2) is 12.4 Å². The van der Waals surface area contributed by atoms with Crippen molar-refractivity contribution < 1.29 is 9.53 Å². The molecule has 166 valence electrons. The van der Waals surface area contributed by atoms with Crippen LogP contribution in [0.25, 0.3) is 22.0 Å². The lowest BCUT2D eigenvalue weighted by Gasteiger charge is -2.35. The average Bonchev–Trinajstić information content (AvgIpc) is 2.88. The minimum atomic E-state index is -0.0488. The number of carbonyl (C=O) groups is 1. The smallest absolute Gasteiger partial charge is 0.260 e. The fourth-order valence-corrected chi connectivity index (χ4v) is 4.16. The Bertz CT molecular complexity index is 1270. The van der Waals surface area contributed by atoms with Gasteiger partial charge in [0.1, 0.15) is 5.75 Å². The molecule has 0 unspecified atom stereocenters. The van der Waals surface area contributed by atoms with Crippen LogP contribution in [0.15, 0.2) is 78.9 Å². The van der Waals surface area contributed by atoms with Crippen LogP contribution in [0.4, 0.5) is 5.82 Å². The van der Waals surface area contributed by atoms with Gasteiger partial charge in [0.2, 0.25) is 0 Å². The second kappa shape index (κ2) is 9.46. The van der Waals surface area contributed by atoms with E-state index in [0.717, 1.165) is 17.1 Å². The fourth-order valence-electron chi connectivity index (χ4n) is 3.97. The van der Waals surface area contributed by atoms with Crippen LogP contribution in [0, 0.1) is 0 Å². The lowest BCUT2D eigenvalue weighted by Crippen LogP contribution is -2.50. The highest BCUT2D eigenvalue weighted by Crippen LogP contribution is 2.25. The van der Waals surface area contributed by atoms with E-state index in [-0.39, 0.29) is 12.5 Å². The van der Waals surface area contributed by atoms with Crippen molar-refractivity contribution in [2.45, 2.75) is 0 Å². The molecule has 1 fully saturated rings. The van der Waals surface area contributed by atoms with E-state index >= 15 is 0 Å². The molecule has 1 aliphatic rings. The number of aromatic nitrogens is 2. The molecule has 3 aromatic carbocycles. The first-order valence-corrected chi connectivity index (χ1v) is 11.3. The number of rotatable bonds is 5. The third-order valence-corrected chi connectivity index (χ3v) is 6.15. The SMILES string of the molecule is O=C(COc1ccccc1Cl)N1CCN(c2ccc(-c3ccc4ccccc4c3)nn2)CC1. The molecule has 0 aliphatic carbocycles. The molecule has 0 atom stereocenters. The maximum absolute atomic E-state index is 12.5. The summed E-state index contributed by atoms with van der Waals surface area (Å²) < 4.78 is 5.59. The van der Waals surface area contributed by atoms with Gasteiger partial charge in [-0.2, -0.15) is 0 Å². The second-order valence-corrected chi connectivity index (χ2v) is 8.33. The maximum atomic E-state index is 12.5. The van der Waals surface area contributed by atoms with Gasteiger partial charge in [0.25, 0.3) is 5.91 Å². The minimum absolute atomic E-state index is 0.0238. The van der Waals surface area contributed by atoms with Crippen molar-refractivity contribution in [3.05, 3.63) is 83.9 Å². The van der Waals surface area contributed by atoms with Crippen LogP contribution in [-0.4, -0.2) is 53.8 Å². The van der Waals surface area contributed by atoms with Gasteiger partial charge < -0.3 is 14.5 Å². The van der Waals surface area contributed by atoms with Crippen molar-refractivity contribution in [3.8, 4) is 17.0 Å². The van der Waals surface area contributed by atoms with E-state index in [2.05, 4.69) is 45.4 Å². The van der Waals surface area contributed by atoms with E-state index in [4.69, 9.17) is 16.3 Å². The molecule has 5 rings (SSSR count). The normalized spacial score (nSPS) is 13.8. The number of hydrogen-bond acceptors (Lipinski definition) is 5. The van der Waals surface area contributed by atoms with Gasteiger partial charge in [-0.25, -0.2) is 0 Å². The first-order valence-electron chi connectivity index (χ1n) is 10.9. The zero-order valence-corrected chi connectivity index (χ0v) is 18.8. The topological polar surface area (TPSA) is 58.6 Å². The molecule has 0 N–H and O–H groups in total. The number of hydrogen-bond donors (Lipinski definition) is 0. The Morgan fingerprint density at radius 1 is 0.848 bits per heavy atom. The van der Waals surface area contributed by atoms with Gasteiger partial charge in [0, 0.05) is 31.7 Å². The molecule has 1 amide bonds. The molecular formula is C26H23ClN4O2. The Kier molecular flexibility index (Phi) is 6.09. The van der Waals surface area contributed by atoms with Crippen molar-refractivity contribution in [1.29, 1.82) is 0 Å². The Hall–Kier alpha value is -3.64. The maximum Gasteiger partial charge on any atom is 0.260 e. The van der Waals surface area contributed by atoms with Crippen LogP contribution >= 0.6 is 11.6 Å². The number of amides is 1. The molecule has 1 aliphatic heterocycles. The number of piperazine rings is 1. The van der Waals surface area contributed by atoms with E-state index < -0.39 is 0 Å². The summed E-state index contributed by atoms with van der Waals surface area (Å²) in [6.45, 7) is 2.59. The van der Waals surface area contributed by atoms with E-state index in [9.17, 15) is 4.79 Å². The molecule has 1 aromatic heterocycles. The monoisotopic (exact) mass is 458 g/mol. The second-order valence-electron chi connectivity index (χ2n) is 7.93. The first-order chi connectivity index (χ1) is 16.2. The summed E-state index contributed by atoms with van der Waals surface area (Å²) in [6.07, 6.45) is 0. The van der Waals surface area contributed by atoms with Gasteiger partial charge >= 0.3 is 0 Å². The fraction of sp³-hybridized carbons (Fsp3) is 0.192. The standard InChI is InChI=1S/C26H23ClN4O2/c27-22-7-3-4-8-24(22)33-18-26(32)31-15-13-30(14-16-31)25-12-11-23(28-29-25)21-10-9-19-5-1-2-6-20(19)17-21/h1-12,17H,13-16,18H2. The molecular weight excluding hydrogens is 436 g/mol. The van der Waals surface area contributed by atoms with Crippen LogP contribution in [-0.2, 0) is 4.79 Å². The summed E-state index contributed by atoms with van der Waals surface area (Å²) >= 11 is 6.09. The zero-order valence-electron chi connectivity index (χ0n) is 18.0. The van der Waals surface area contributed by atoms with E-state index in [0.29, 0.717) is 37.0 Å². The number of para-hydroxylation sites is 1. The highest BCUT2D eigenvalue weighted by atomic mass is 35.5. The Morgan fingerprint density at radius 2 is 1.61 bits per heavy atom. The van der Waals surface area contributed by atoms with Gasteiger partial charge in [-0.1, -0.05) is 60.1 Å². The molecule has 4 aromatic rings. The van der Waals surface area contributed by atoms with Gasteiger partial charge in [0.05, 0.1) is 10.7 Å². The molecule has 1 saturated heterocycles. The zero-order chi connectivity index (χ0) is 22.6. The Balaban J connectivity index is 1.18. The third-order valence-electron chi connectivity index (χ3n) is 5.84. The summed E-state index contributed by atoms with van der Waals surface area (Å²) in [4.78, 5) is 16.5. The summed E-state index contributed by atoms with van der Waals surface area (Å²) in [5.41, 5.74) is 1.89. The summed E-state index contributed by atoms with van der Waals surface area (Å²) in [5, 5.41) is 11.8. The lowest BCUT2D eigenvalue weighted by atomic mass is 10.1. The molecule has 2 heterocycles. The third kappa shape index (κ3) is 4.76. The van der Waals surface area contributed by atoms with Crippen molar-refractivity contribution >= 4 is 34.1 Å². The first kappa shape index (κ1) is 21.2. The predicted octanol–water partition coefficient (Wildman–Crippen LogP) is 4.68.